The molecule has 8 heterocycles. The van der Waals surface area contributed by atoms with Crippen LogP contribution in [0.2, 0.25) is 0 Å². The molecule has 21 heteroatoms. The number of amides is 3. The van der Waals surface area contributed by atoms with Gasteiger partial charge in [0.05, 0.1) is 17.3 Å². The van der Waals surface area contributed by atoms with E-state index in [4.69, 9.17) is 5.84 Å². The molecule has 9 rings (SSSR count). The maximum Gasteiger partial charge on any atom is 0.233 e. The van der Waals surface area contributed by atoms with Crippen molar-refractivity contribution >= 4 is 53.0 Å². The fourth-order valence-electron chi connectivity index (χ4n) is 8.91. The lowest BCUT2D eigenvalue weighted by atomic mass is 9.89. The van der Waals surface area contributed by atoms with E-state index in [2.05, 4.69) is 58.6 Å². The molecular weight excluding hydrogens is 931 g/mol. The molecule has 2 N–H and O–H groups in total. The lowest BCUT2D eigenvalue weighted by molar-refractivity contribution is -0.129. The third kappa shape index (κ3) is 14.6. The van der Waals surface area contributed by atoms with E-state index >= 15 is 0 Å². The number of allylic oxidation sites excluding steroid dienone is 1. The molecule has 0 unspecified atom stereocenters. The average molecular weight is 998 g/mol. The van der Waals surface area contributed by atoms with Gasteiger partial charge in [-0.2, -0.15) is 0 Å². The van der Waals surface area contributed by atoms with E-state index in [0.717, 1.165) is 136 Å². The molecule has 0 bridgehead atoms. The van der Waals surface area contributed by atoms with Gasteiger partial charge >= 0.3 is 0 Å². The molecule has 3 saturated heterocycles. The summed E-state index contributed by atoms with van der Waals surface area (Å²) in [6.07, 6.45) is 25.2. The van der Waals surface area contributed by atoms with Gasteiger partial charge in [-0.15, -0.1) is 37.2 Å². The van der Waals surface area contributed by atoms with Crippen molar-refractivity contribution in [2.45, 2.75) is 131 Å². The van der Waals surface area contributed by atoms with Crippen LogP contribution in [0.5, 0.6) is 0 Å². The van der Waals surface area contributed by atoms with Gasteiger partial charge in [0.2, 0.25) is 22.9 Å². The summed E-state index contributed by atoms with van der Waals surface area (Å²) in [5, 5.41) is 27.8. The smallest absolute Gasteiger partial charge is 0.233 e. The van der Waals surface area contributed by atoms with Gasteiger partial charge in [-0.3, -0.25) is 28.9 Å². The number of nitrogen functional groups attached to an aromatic ring is 1. The molecule has 3 aliphatic heterocycles. The summed E-state index contributed by atoms with van der Waals surface area (Å²) in [6, 6.07) is 7.65. The molecule has 1 saturated carbocycles. The number of carbonyl (C=O) groups is 3. The number of nitrogens with zero attached hydrogens (tertiary/aromatic N) is 14. The molecule has 0 radical (unpaired) electrons. The number of nitrogens with two attached hydrogens (primary N) is 1. The first-order valence-corrected chi connectivity index (χ1v) is 27.5. The topological polar surface area (TPSA) is 205 Å². The number of aromatic nitrogens is 11. The van der Waals surface area contributed by atoms with Crippen molar-refractivity contribution in [1.82, 2.24) is 69.1 Å². The molecule has 5 aromatic rings. The zero-order chi connectivity index (χ0) is 48.2. The summed E-state index contributed by atoms with van der Waals surface area (Å²) < 4.78 is 5.63. The van der Waals surface area contributed by atoms with E-state index in [0.29, 0.717) is 34.9 Å². The highest BCUT2D eigenvalue weighted by Gasteiger charge is 2.25. The van der Waals surface area contributed by atoms with Gasteiger partial charge < -0.3 is 25.1 Å². The molecule has 3 amide bonds. The monoisotopic (exact) mass is 997 g/mol. The van der Waals surface area contributed by atoms with E-state index in [-0.39, 0.29) is 17.7 Å². The number of carbonyl (C=O) groups excluding carboxylic acids is 3. The van der Waals surface area contributed by atoms with Crippen LogP contribution in [0.25, 0.3) is 22.8 Å². The van der Waals surface area contributed by atoms with Gasteiger partial charge in [0.1, 0.15) is 0 Å². The average Bonchev–Trinajstić information content (AvgIpc) is 4.21. The Morgan fingerprint density at radius 1 is 0.565 bits per heavy atom. The van der Waals surface area contributed by atoms with E-state index in [9.17, 15) is 14.4 Å². The fourth-order valence-corrected chi connectivity index (χ4v) is 11.4. The Bertz CT molecular complexity index is 2370. The second-order valence-corrected chi connectivity index (χ2v) is 20.3. The number of likely N-dealkylation sites (tertiary alicyclic amines) is 3. The third-order valence-electron chi connectivity index (χ3n) is 12.7. The number of hydrogen-bond acceptors (Lipinski definition) is 15. The summed E-state index contributed by atoms with van der Waals surface area (Å²) in [5.41, 5.74) is 1.94. The molecule has 4 fully saturated rings. The van der Waals surface area contributed by atoms with E-state index in [1.807, 2.05) is 49.6 Å². The van der Waals surface area contributed by atoms with Crippen molar-refractivity contribution in [3.63, 3.8) is 0 Å². The number of rotatable bonds is 15. The first-order chi connectivity index (χ1) is 33.8. The van der Waals surface area contributed by atoms with Crippen LogP contribution in [-0.2, 0) is 27.5 Å². The predicted octanol–water partition coefficient (Wildman–Crippen LogP) is 7.24. The molecule has 0 aromatic carbocycles. The summed E-state index contributed by atoms with van der Waals surface area (Å²) >= 11 is 4.32. The molecule has 5 aromatic heterocycles. The van der Waals surface area contributed by atoms with E-state index < -0.39 is 0 Å². The lowest BCUT2D eigenvalue weighted by Gasteiger charge is -2.26. The van der Waals surface area contributed by atoms with Gasteiger partial charge in [-0.05, 0) is 89.0 Å². The van der Waals surface area contributed by atoms with E-state index in [1.54, 1.807) is 29.5 Å². The number of piperidine rings is 1. The van der Waals surface area contributed by atoms with Crippen molar-refractivity contribution in [3.05, 3.63) is 67.5 Å². The summed E-state index contributed by atoms with van der Waals surface area (Å²) in [5.74, 6) is 10.8. The largest absolute Gasteiger partial charge is 0.342 e. The highest BCUT2D eigenvalue weighted by molar-refractivity contribution is 8.00. The lowest BCUT2D eigenvalue weighted by Crippen LogP contribution is -2.36. The summed E-state index contributed by atoms with van der Waals surface area (Å²) in [4.78, 5) is 50.8. The quantitative estimate of drug-likeness (QED) is 0.0624. The van der Waals surface area contributed by atoms with Crippen LogP contribution < -0.4 is 5.84 Å². The first-order valence-electron chi connectivity index (χ1n) is 24.5. The number of thioether (sulfide) groups is 3. The van der Waals surface area contributed by atoms with Crippen LogP contribution in [0.3, 0.4) is 0 Å². The van der Waals surface area contributed by atoms with Crippen molar-refractivity contribution in [2.75, 3.05) is 62.4 Å². The standard InChI is InChI=1S/C17H21N5OS.C17H23N5OS.C14H23N5OS/c1-2-10-22-16(14-6-8-18-9-7-14)19-20-17(22)24-13-15(23)21-11-4-3-5-12-21;1-2-22-16(14-7-9-18-10-8-14)19-20-17(22)24-13-15(23)21-11-5-3-4-6-12-21;15-19-13(11-6-2-1-3-7-11)16-17-14(19)21-10-12(20)18-8-4-5-9-18/h2,6-9H,1,3-5,10-13H2;7-10H,2-6,11-13H2,1H3;11H,1-10,15H2. The first kappa shape index (κ1) is 51.6. The number of hydrogen-bond donors (Lipinski definition) is 1. The van der Waals surface area contributed by atoms with Gasteiger partial charge in [0, 0.05) is 94.2 Å². The molecule has 69 heavy (non-hydrogen) atoms. The minimum absolute atomic E-state index is 0.179. The number of pyridine rings is 2. The van der Waals surface area contributed by atoms with Crippen LogP contribution in [0.4, 0.5) is 0 Å². The SMILES string of the molecule is C=CCn1c(SCC(=O)N2CCCCC2)nnc1-c1ccncc1.CCn1c(SCC(=O)N2CCCCCC2)nnc1-c1ccncc1.Nn1c(SCC(=O)N2CCCC2)nnc1C1CCCCC1. The van der Waals surface area contributed by atoms with Gasteiger partial charge in [0.15, 0.2) is 27.8 Å². The van der Waals surface area contributed by atoms with Crippen LogP contribution in [0.1, 0.15) is 109 Å². The van der Waals surface area contributed by atoms with Gasteiger partial charge in [-0.1, -0.05) is 73.5 Å². The van der Waals surface area contributed by atoms with Crippen LogP contribution >= 0.6 is 35.3 Å². The van der Waals surface area contributed by atoms with Crippen LogP contribution in [0.15, 0.2) is 77.2 Å². The normalized spacial score (nSPS) is 16.5. The fraction of sp³-hybridized carbons (Fsp3) is 0.562. The third-order valence-corrected chi connectivity index (χ3v) is 15.5. The maximum absolute atomic E-state index is 12.4. The van der Waals surface area contributed by atoms with Gasteiger partial charge in [-0.25, -0.2) is 4.68 Å². The second kappa shape index (κ2) is 27.2. The highest BCUT2D eigenvalue weighted by atomic mass is 32.2. The summed E-state index contributed by atoms with van der Waals surface area (Å²) in [6.45, 7) is 12.6. The molecule has 4 aliphatic rings. The molecular formula is C48H67N15O3S3. The Balaban J connectivity index is 0.000000153. The Morgan fingerprint density at radius 3 is 1.42 bits per heavy atom. The Kier molecular flexibility index (Phi) is 20.3. The Morgan fingerprint density at radius 2 is 0.957 bits per heavy atom. The van der Waals surface area contributed by atoms with Crippen molar-refractivity contribution < 1.29 is 14.4 Å². The Hall–Kier alpha value is -5.28. The summed E-state index contributed by atoms with van der Waals surface area (Å²) in [7, 11) is 0. The molecule has 18 nitrogen and oxygen atoms in total. The van der Waals surface area contributed by atoms with E-state index in [1.165, 1.54) is 73.8 Å². The van der Waals surface area contributed by atoms with Crippen LogP contribution in [-0.4, -0.2) is 143 Å². The van der Waals surface area contributed by atoms with Crippen LogP contribution in [0, 0.1) is 0 Å². The minimum Gasteiger partial charge on any atom is -0.342 e. The van der Waals surface area contributed by atoms with Gasteiger partial charge in [0.25, 0.3) is 0 Å². The second-order valence-electron chi connectivity index (χ2n) is 17.5. The zero-order valence-electron chi connectivity index (χ0n) is 39.9. The maximum atomic E-state index is 12.4. The molecule has 0 atom stereocenters. The Labute approximate surface area is 418 Å². The molecule has 370 valence electrons. The predicted molar refractivity (Wildman–Crippen MR) is 272 cm³/mol. The zero-order valence-corrected chi connectivity index (χ0v) is 42.4. The highest BCUT2D eigenvalue weighted by Crippen LogP contribution is 2.32. The van der Waals surface area contributed by atoms with Crippen molar-refractivity contribution in [1.29, 1.82) is 0 Å². The minimum atomic E-state index is 0.179. The van der Waals surface area contributed by atoms with Crippen molar-refractivity contribution in [2.24, 2.45) is 0 Å². The van der Waals surface area contributed by atoms with Crippen molar-refractivity contribution in [3.8, 4) is 22.8 Å². The molecule has 1 aliphatic carbocycles. The molecule has 0 spiro atoms.